The van der Waals surface area contributed by atoms with Crippen LogP contribution in [0.5, 0.6) is 0 Å². The molecule has 0 spiro atoms. The molecule has 1 N–H and O–H groups in total. The van der Waals surface area contributed by atoms with E-state index in [2.05, 4.69) is 22.3 Å². The molecule has 0 aliphatic carbocycles. The molecule has 1 rings (SSSR count). The van der Waals surface area contributed by atoms with Crippen molar-refractivity contribution in [2.24, 2.45) is 7.05 Å². The molecular weight excluding hydrogens is 162 g/mol. The number of nitrogens with one attached hydrogen (secondary N) is 1. The van der Waals surface area contributed by atoms with Crippen LogP contribution in [-0.2, 0) is 13.5 Å². The van der Waals surface area contributed by atoms with E-state index in [9.17, 15) is 0 Å². The zero-order valence-electron chi connectivity index (χ0n) is 8.17. The summed E-state index contributed by atoms with van der Waals surface area (Å²) >= 11 is 0. The highest BCUT2D eigenvalue weighted by Crippen LogP contribution is 1.95. The van der Waals surface area contributed by atoms with Crippen molar-refractivity contribution in [1.82, 2.24) is 15.1 Å². The molecule has 3 heteroatoms. The Bertz CT molecular complexity index is 303. The van der Waals surface area contributed by atoms with Crippen molar-refractivity contribution < 1.29 is 0 Å². The first-order chi connectivity index (χ1) is 6.34. The minimum absolute atomic E-state index is 0.772. The zero-order chi connectivity index (χ0) is 9.52. The van der Waals surface area contributed by atoms with Crippen LogP contribution in [0, 0.1) is 11.8 Å². The monoisotopic (exact) mass is 177 g/mol. The predicted molar refractivity (Wildman–Crippen MR) is 53.2 cm³/mol. The normalized spacial score (nSPS) is 9.38. The van der Waals surface area contributed by atoms with Crippen LogP contribution in [0.3, 0.4) is 0 Å². The summed E-state index contributed by atoms with van der Waals surface area (Å²) in [6, 6.07) is 2.03. The average molecular weight is 177 g/mol. The first-order valence-electron chi connectivity index (χ1n) is 4.42. The Morgan fingerprint density at radius 3 is 3.08 bits per heavy atom. The first-order valence-corrected chi connectivity index (χ1v) is 4.42. The molecule has 0 amide bonds. The van der Waals surface area contributed by atoms with E-state index in [1.807, 2.05) is 30.9 Å². The summed E-state index contributed by atoms with van der Waals surface area (Å²) in [6.45, 7) is 3.57. The Morgan fingerprint density at radius 2 is 2.46 bits per heavy atom. The second kappa shape index (κ2) is 5.39. The van der Waals surface area contributed by atoms with Crippen molar-refractivity contribution in [3.63, 3.8) is 0 Å². The van der Waals surface area contributed by atoms with E-state index in [0.29, 0.717) is 0 Å². The lowest BCUT2D eigenvalue weighted by molar-refractivity contribution is 0.671. The Kier molecular flexibility index (Phi) is 4.07. The van der Waals surface area contributed by atoms with Gasteiger partial charge in [0.2, 0.25) is 0 Å². The molecule has 0 fully saturated rings. The number of rotatable bonds is 4. The molecule has 0 saturated carbocycles. The van der Waals surface area contributed by atoms with Gasteiger partial charge in [-0.1, -0.05) is 5.92 Å². The van der Waals surface area contributed by atoms with Crippen LogP contribution >= 0.6 is 0 Å². The van der Waals surface area contributed by atoms with Crippen LogP contribution in [0.15, 0.2) is 12.3 Å². The molecule has 1 heterocycles. The van der Waals surface area contributed by atoms with Crippen LogP contribution in [0.25, 0.3) is 0 Å². The van der Waals surface area contributed by atoms with Gasteiger partial charge in [-0.05, 0) is 13.0 Å². The molecule has 1 aromatic heterocycles. The van der Waals surface area contributed by atoms with Crippen molar-refractivity contribution in [2.45, 2.75) is 13.3 Å². The molecule has 0 aliphatic heterocycles. The minimum Gasteiger partial charge on any atom is -0.306 e. The molecule has 0 atom stereocenters. The number of hydrogen-bond donors (Lipinski definition) is 1. The fourth-order valence-electron chi connectivity index (χ4n) is 1.10. The zero-order valence-corrected chi connectivity index (χ0v) is 8.17. The SMILES string of the molecule is CC#CCNCCc1ccnn1C. The van der Waals surface area contributed by atoms with Gasteiger partial charge in [0.05, 0.1) is 6.54 Å². The standard InChI is InChI=1S/C10H15N3/c1-3-4-7-11-8-5-10-6-9-12-13(10)2/h6,9,11H,5,7-8H2,1-2H3. The van der Waals surface area contributed by atoms with Crippen molar-refractivity contribution in [3.8, 4) is 11.8 Å². The summed E-state index contributed by atoms with van der Waals surface area (Å²) in [6.07, 6.45) is 2.82. The van der Waals surface area contributed by atoms with Gasteiger partial charge in [0.25, 0.3) is 0 Å². The Balaban J connectivity index is 2.19. The van der Waals surface area contributed by atoms with Gasteiger partial charge in [-0.2, -0.15) is 5.10 Å². The highest BCUT2D eigenvalue weighted by atomic mass is 15.3. The molecule has 0 radical (unpaired) electrons. The molecule has 1 aromatic rings. The first kappa shape index (κ1) is 9.82. The lowest BCUT2D eigenvalue weighted by Gasteiger charge is -2.01. The fraction of sp³-hybridized carbons (Fsp3) is 0.500. The number of hydrogen-bond acceptors (Lipinski definition) is 2. The lowest BCUT2D eigenvalue weighted by atomic mass is 10.3. The van der Waals surface area contributed by atoms with Crippen molar-refractivity contribution in [3.05, 3.63) is 18.0 Å². The second-order valence-corrected chi connectivity index (χ2v) is 2.80. The van der Waals surface area contributed by atoms with E-state index in [0.717, 1.165) is 19.5 Å². The Labute approximate surface area is 79.1 Å². The maximum Gasteiger partial charge on any atom is 0.0576 e. The lowest BCUT2D eigenvalue weighted by Crippen LogP contribution is -2.18. The highest BCUT2D eigenvalue weighted by molar-refractivity contribution is 5.01. The summed E-state index contributed by atoms with van der Waals surface area (Å²) in [5, 5.41) is 7.33. The van der Waals surface area contributed by atoms with Crippen LogP contribution < -0.4 is 5.32 Å². The quantitative estimate of drug-likeness (QED) is 0.538. The molecule has 3 nitrogen and oxygen atoms in total. The van der Waals surface area contributed by atoms with E-state index in [-0.39, 0.29) is 0 Å². The Hall–Kier alpha value is -1.27. The topological polar surface area (TPSA) is 29.9 Å². The summed E-state index contributed by atoms with van der Waals surface area (Å²) in [7, 11) is 1.96. The summed E-state index contributed by atoms with van der Waals surface area (Å²) in [5.41, 5.74) is 1.25. The third-order valence-corrected chi connectivity index (χ3v) is 1.87. The van der Waals surface area contributed by atoms with Crippen LogP contribution in [0.1, 0.15) is 12.6 Å². The van der Waals surface area contributed by atoms with Gasteiger partial charge in [0.15, 0.2) is 0 Å². The van der Waals surface area contributed by atoms with E-state index >= 15 is 0 Å². The van der Waals surface area contributed by atoms with Gasteiger partial charge in [-0.15, -0.1) is 5.92 Å². The van der Waals surface area contributed by atoms with Gasteiger partial charge >= 0.3 is 0 Å². The van der Waals surface area contributed by atoms with E-state index in [1.54, 1.807) is 0 Å². The maximum atomic E-state index is 4.09. The van der Waals surface area contributed by atoms with Crippen molar-refractivity contribution in [1.29, 1.82) is 0 Å². The van der Waals surface area contributed by atoms with E-state index in [4.69, 9.17) is 0 Å². The van der Waals surface area contributed by atoms with Gasteiger partial charge < -0.3 is 5.32 Å². The molecule has 0 aliphatic rings. The average Bonchev–Trinajstić information content (AvgIpc) is 2.52. The summed E-state index contributed by atoms with van der Waals surface area (Å²) in [5.74, 6) is 5.80. The summed E-state index contributed by atoms with van der Waals surface area (Å²) in [4.78, 5) is 0. The molecular formula is C10H15N3. The van der Waals surface area contributed by atoms with E-state index < -0.39 is 0 Å². The molecule has 0 bridgehead atoms. The molecule has 0 unspecified atom stereocenters. The van der Waals surface area contributed by atoms with E-state index in [1.165, 1.54) is 5.69 Å². The van der Waals surface area contributed by atoms with Crippen LogP contribution in [0.2, 0.25) is 0 Å². The van der Waals surface area contributed by atoms with Gasteiger partial charge in [-0.25, -0.2) is 0 Å². The van der Waals surface area contributed by atoms with Gasteiger partial charge in [0, 0.05) is 31.9 Å². The molecule has 0 aromatic carbocycles. The second-order valence-electron chi connectivity index (χ2n) is 2.80. The fourth-order valence-corrected chi connectivity index (χ4v) is 1.10. The van der Waals surface area contributed by atoms with Gasteiger partial charge in [-0.3, -0.25) is 4.68 Å². The molecule has 13 heavy (non-hydrogen) atoms. The third-order valence-electron chi connectivity index (χ3n) is 1.87. The number of aromatic nitrogens is 2. The smallest absolute Gasteiger partial charge is 0.0576 e. The van der Waals surface area contributed by atoms with Crippen molar-refractivity contribution in [2.75, 3.05) is 13.1 Å². The largest absolute Gasteiger partial charge is 0.306 e. The maximum absolute atomic E-state index is 4.09. The summed E-state index contributed by atoms with van der Waals surface area (Å²) < 4.78 is 1.90. The number of aryl methyl sites for hydroxylation is 1. The minimum atomic E-state index is 0.772. The molecule has 70 valence electrons. The Morgan fingerprint density at radius 1 is 1.62 bits per heavy atom. The van der Waals surface area contributed by atoms with Crippen LogP contribution in [-0.4, -0.2) is 22.9 Å². The predicted octanol–water partition coefficient (Wildman–Crippen LogP) is 0.575. The van der Waals surface area contributed by atoms with Gasteiger partial charge in [0.1, 0.15) is 0 Å². The molecule has 0 saturated heterocycles. The third kappa shape index (κ3) is 3.30. The highest BCUT2D eigenvalue weighted by Gasteiger charge is 1.95. The van der Waals surface area contributed by atoms with Crippen molar-refractivity contribution >= 4 is 0 Å². The number of nitrogens with zero attached hydrogens (tertiary/aromatic N) is 2. The van der Waals surface area contributed by atoms with Crippen LogP contribution in [0.4, 0.5) is 0 Å².